The van der Waals surface area contributed by atoms with E-state index in [-0.39, 0.29) is 11.9 Å². The van der Waals surface area contributed by atoms with Crippen molar-refractivity contribution in [2.75, 3.05) is 13.1 Å². The topological polar surface area (TPSA) is 59.0 Å². The first-order chi connectivity index (χ1) is 8.27. The molecule has 0 radical (unpaired) electrons. The predicted octanol–water partition coefficient (Wildman–Crippen LogP) is 0.221. The maximum atomic E-state index is 11.7. The van der Waals surface area contributed by atoms with Gasteiger partial charge in [0.2, 0.25) is 5.91 Å². The minimum absolute atomic E-state index is 0.0225. The Bertz CT molecular complexity index is 374. The smallest absolute Gasteiger partial charge is 0.237 e. The van der Waals surface area contributed by atoms with Crippen LogP contribution in [0.1, 0.15) is 25.0 Å². The van der Waals surface area contributed by atoms with Crippen molar-refractivity contribution in [3.63, 3.8) is 0 Å². The van der Waals surface area contributed by atoms with Gasteiger partial charge in [-0.25, -0.2) is 0 Å². The van der Waals surface area contributed by atoms with Crippen LogP contribution in [-0.2, 0) is 18.3 Å². The molecule has 2 heterocycles. The molecule has 1 aromatic heterocycles. The number of carbonyl (C=O) groups is 1. The van der Waals surface area contributed by atoms with Crippen molar-refractivity contribution < 1.29 is 4.79 Å². The van der Waals surface area contributed by atoms with E-state index in [0.29, 0.717) is 0 Å². The van der Waals surface area contributed by atoms with Crippen LogP contribution >= 0.6 is 0 Å². The molecular weight excluding hydrogens is 216 g/mol. The molecule has 1 amide bonds. The standard InChI is InChI=1S/C12H20N4O/c1-16-10(6-9-15-16)5-8-13-11-4-2-3-7-14-12(11)17/h6,9,11,13H,2-5,7-8H2,1H3,(H,14,17). The molecule has 2 rings (SSSR count). The summed E-state index contributed by atoms with van der Waals surface area (Å²) in [4.78, 5) is 11.7. The number of aryl methyl sites for hydroxylation is 1. The van der Waals surface area contributed by atoms with Crippen molar-refractivity contribution in [1.82, 2.24) is 20.4 Å². The number of rotatable bonds is 4. The van der Waals surface area contributed by atoms with Gasteiger partial charge >= 0.3 is 0 Å². The van der Waals surface area contributed by atoms with Crippen molar-refractivity contribution in [1.29, 1.82) is 0 Å². The Labute approximate surface area is 102 Å². The molecule has 1 unspecified atom stereocenters. The number of carbonyl (C=O) groups excluding carboxylic acids is 1. The zero-order valence-corrected chi connectivity index (χ0v) is 10.3. The Morgan fingerprint density at radius 1 is 1.59 bits per heavy atom. The maximum absolute atomic E-state index is 11.7. The third kappa shape index (κ3) is 3.30. The minimum atomic E-state index is -0.0225. The molecule has 1 aliphatic rings. The fraction of sp³-hybridized carbons (Fsp3) is 0.667. The number of nitrogens with zero attached hydrogens (tertiary/aromatic N) is 2. The Kier molecular flexibility index (Phi) is 4.14. The summed E-state index contributed by atoms with van der Waals surface area (Å²) in [6, 6.07) is 1.99. The van der Waals surface area contributed by atoms with Gasteiger partial charge in [0.1, 0.15) is 0 Å². The van der Waals surface area contributed by atoms with Gasteiger partial charge in [-0.3, -0.25) is 9.48 Å². The van der Waals surface area contributed by atoms with E-state index >= 15 is 0 Å². The van der Waals surface area contributed by atoms with Crippen LogP contribution in [0, 0.1) is 0 Å². The molecule has 1 saturated heterocycles. The van der Waals surface area contributed by atoms with Crippen LogP contribution in [0.15, 0.2) is 12.3 Å². The number of aromatic nitrogens is 2. The molecule has 5 nitrogen and oxygen atoms in total. The fourth-order valence-corrected chi connectivity index (χ4v) is 2.16. The predicted molar refractivity (Wildman–Crippen MR) is 65.6 cm³/mol. The third-order valence-electron chi connectivity index (χ3n) is 3.23. The van der Waals surface area contributed by atoms with Crippen molar-refractivity contribution in [3.8, 4) is 0 Å². The van der Waals surface area contributed by atoms with Gasteiger partial charge in [-0.15, -0.1) is 0 Å². The Morgan fingerprint density at radius 2 is 2.47 bits per heavy atom. The minimum Gasteiger partial charge on any atom is -0.355 e. The van der Waals surface area contributed by atoms with Crippen LogP contribution in [0.5, 0.6) is 0 Å². The van der Waals surface area contributed by atoms with E-state index in [1.807, 2.05) is 17.8 Å². The molecule has 1 aromatic rings. The van der Waals surface area contributed by atoms with Crippen molar-refractivity contribution in [3.05, 3.63) is 18.0 Å². The van der Waals surface area contributed by atoms with Crippen molar-refractivity contribution in [2.24, 2.45) is 7.05 Å². The summed E-state index contributed by atoms with van der Waals surface area (Å²) in [7, 11) is 1.94. The van der Waals surface area contributed by atoms with E-state index in [9.17, 15) is 4.79 Å². The summed E-state index contributed by atoms with van der Waals surface area (Å²) in [5.41, 5.74) is 1.19. The molecule has 0 spiro atoms. The highest BCUT2D eigenvalue weighted by atomic mass is 16.2. The van der Waals surface area contributed by atoms with Crippen LogP contribution < -0.4 is 10.6 Å². The molecule has 0 bridgehead atoms. The molecule has 0 saturated carbocycles. The fourth-order valence-electron chi connectivity index (χ4n) is 2.16. The summed E-state index contributed by atoms with van der Waals surface area (Å²) in [5, 5.41) is 10.4. The third-order valence-corrected chi connectivity index (χ3v) is 3.23. The van der Waals surface area contributed by atoms with E-state index in [1.54, 1.807) is 6.20 Å². The van der Waals surface area contributed by atoms with Gasteiger partial charge in [0.15, 0.2) is 0 Å². The average molecular weight is 236 g/mol. The Morgan fingerprint density at radius 3 is 3.24 bits per heavy atom. The monoisotopic (exact) mass is 236 g/mol. The largest absolute Gasteiger partial charge is 0.355 e. The molecule has 1 aliphatic heterocycles. The van der Waals surface area contributed by atoms with Crippen LogP contribution in [0.2, 0.25) is 0 Å². The lowest BCUT2D eigenvalue weighted by Crippen LogP contribution is -2.43. The zero-order chi connectivity index (χ0) is 12.1. The molecule has 94 valence electrons. The molecule has 1 atom stereocenters. The van der Waals surface area contributed by atoms with E-state index in [2.05, 4.69) is 15.7 Å². The lowest BCUT2D eigenvalue weighted by molar-refractivity contribution is -0.122. The first-order valence-corrected chi connectivity index (χ1v) is 6.25. The Hall–Kier alpha value is -1.36. The summed E-state index contributed by atoms with van der Waals surface area (Å²) in [6.45, 7) is 1.64. The van der Waals surface area contributed by atoms with Gasteiger partial charge in [0, 0.05) is 38.4 Å². The van der Waals surface area contributed by atoms with E-state index < -0.39 is 0 Å². The molecule has 5 heteroatoms. The number of hydrogen-bond donors (Lipinski definition) is 2. The van der Waals surface area contributed by atoms with E-state index in [4.69, 9.17) is 0 Å². The second-order valence-corrected chi connectivity index (χ2v) is 4.49. The molecule has 2 N–H and O–H groups in total. The van der Waals surface area contributed by atoms with E-state index in [1.165, 1.54) is 5.69 Å². The molecular formula is C12H20N4O. The number of nitrogens with one attached hydrogen (secondary N) is 2. The summed E-state index contributed by atoms with van der Waals surface area (Å²) >= 11 is 0. The van der Waals surface area contributed by atoms with Gasteiger partial charge in [0.05, 0.1) is 6.04 Å². The summed E-state index contributed by atoms with van der Waals surface area (Å²) in [5.74, 6) is 0.146. The van der Waals surface area contributed by atoms with Crippen LogP contribution in [0.4, 0.5) is 0 Å². The molecule has 1 fully saturated rings. The molecule has 0 aromatic carbocycles. The second kappa shape index (κ2) is 5.82. The SMILES string of the molecule is Cn1nccc1CCNC1CCCCNC1=O. The first kappa shape index (κ1) is 12.1. The Balaban J connectivity index is 1.77. The lowest BCUT2D eigenvalue weighted by Gasteiger charge is -2.14. The average Bonchev–Trinajstić information content (AvgIpc) is 2.60. The number of amides is 1. The van der Waals surface area contributed by atoms with Crippen LogP contribution in [0.25, 0.3) is 0 Å². The van der Waals surface area contributed by atoms with Gasteiger partial charge in [-0.05, 0) is 25.3 Å². The quantitative estimate of drug-likeness (QED) is 0.786. The highest BCUT2D eigenvalue weighted by Gasteiger charge is 2.19. The van der Waals surface area contributed by atoms with Crippen LogP contribution in [0.3, 0.4) is 0 Å². The van der Waals surface area contributed by atoms with Crippen molar-refractivity contribution >= 4 is 5.91 Å². The normalized spacial score (nSPS) is 21.0. The second-order valence-electron chi connectivity index (χ2n) is 4.49. The summed E-state index contributed by atoms with van der Waals surface area (Å²) in [6.07, 6.45) is 5.85. The highest BCUT2D eigenvalue weighted by molar-refractivity contribution is 5.81. The summed E-state index contributed by atoms with van der Waals surface area (Å²) < 4.78 is 1.87. The van der Waals surface area contributed by atoms with Crippen molar-refractivity contribution in [2.45, 2.75) is 31.7 Å². The number of hydrogen-bond acceptors (Lipinski definition) is 3. The van der Waals surface area contributed by atoms with Gasteiger partial charge < -0.3 is 10.6 Å². The molecule has 0 aliphatic carbocycles. The van der Waals surface area contributed by atoms with Crippen LogP contribution in [-0.4, -0.2) is 34.8 Å². The maximum Gasteiger partial charge on any atom is 0.237 e. The zero-order valence-electron chi connectivity index (χ0n) is 10.3. The first-order valence-electron chi connectivity index (χ1n) is 6.25. The highest BCUT2D eigenvalue weighted by Crippen LogP contribution is 2.05. The van der Waals surface area contributed by atoms with E-state index in [0.717, 1.165) is 38.8 Å². The van der Waals surface area contributed by atoms with Gasteiger partial charge in [-0.2, -0.15) is 5.10 Å². The lowest BCUT2D eigenvalue weighted by atomic mass is 10.1. The van der Waals surface area contributed by atoms with Gasteiger partial charge in [-0.1, -0.05) is 0 Å². The molecule has 17 heavy (non-hydrogen) atoms. The van der Waals surface area contributed by atoms with Gasteiger partial charge in [0.25, 0.3) is 0 Å².